The van der Waals surface area contributed by atoms with Crippen molar-refractivity contribution in [3.8, 4) is 11.5 Å². The number of benzene rings is 2. The highest BCUT2D eigenvalue weighted by Gasteiger charge is 2.15. The van der Waals surface area contributed by atoms with E-state index in [9.17, 15) is 14.4 Å². The van der Waals surface area contributed by atoms with Gasteiger partial charge < -0.3 is 9.47 Å². The molecule has 0 aliphatic heterocycles. The Morgan fingerprint density at radius 2 is 1.80 bits per heavy atom. The number of hydrogen-bond acceptors (Lipinski definition) is 6. The first-order chi connectivity index (χ1) is 14.4. The number of rotatable bonds is 6. The molecule has 2 N–H and O–H groups in total. The molecule has 2 aromatic carbocycles. The van der Waals surface area contributed by atoms with Crippen molar-refractivity contribution in [1.82, 2.24) is 20.6 Å². The molecule has 30 heavy (non-hydrogen) atoms. The van der Waals surface area contributed by atoms with E-state index < -0.39 is 11.8 Å². The zero-order valence-electron chi connectivity index (χ0n) is 16.9. The molecule has 3 rings (SSSR count). The van der Waals surface area contributed by atoms with Crippen molar-refractivity contribution in [1.29, 1.82) is 0 Å². The number of carbonyl (C=O) groups is 2. The van der Waals surface area contributed by atoms with Gasteiger partial charge in [-0.25, -0.2) is 4.68 Å². The topological polar surface area (TPSA) is 112 Å². The molecule has 3 aromatic rings. The standard InChI is InChI=1S/C21H22N4O5/c1-4-30-17-10-9-13(11-18(17)29-3)20(27)23-22-19(26)12-16-14-7-5-6-8-15(14)21(28)25(2)24-16/h5-11H,4,12H2,1-3H3,(H,22,26)(H,23,27). The lowest BCUT2D eigenvalue weighted by atomic mass is 10.1. The van der Waals surface area contributed by atoms with Gasteiger partial charge in [0.05, 0.1) is 31.2 Å². The maximum atomic E-state index is 12.4. The monoisotopic (exact) mass is 410 g/mol. The number of aryl methyl sites for hydroxylation is 1. The summed E-state index contributed by atoms with van der Waals surface area (Å²) in [6.07, 6.45) is -0.110. The summed E-state index contributed by atoms with van der Waals surface area (Å²) in [5, 5.41) is 5.25. The Kier molecular flexibility index (Phi) is 6.31. The van der Waals surface area contributed by atoms with Crippen LogP contribution < -0.4 is 25.9 Å². The van der Waals surface area contributed by atoms with Crippen LogP contribution in [-0.4, -0.2) is 35.3 Å². The third-order valence-electron chi connectivity index (χ3n) is 4.40. The van der Waals surface area contributed by atoms with E-state index in [0.717, 1.165) is 0 Å². The Morgan fingerprint density at radius 3 is 2.50 bits per heavy atom. The Bertz CT molecular complexity index is 1160. The molecule has 1 aromatic heterocycles. The van der Waals surface area contributed by atoms with E-state index in [4.69, 9.17) is 9.47 Å². The van der Waals surface area contributed by atoms with Crippen LogP contribution in [0.25, 0.3) is 10.8 Å². The smallest absolute Gasteiger partial charge is 0.274 e. The number of hydrogen-bond donors (Lipinski definition) is 2. The zero-order chi connectivity index (χ0) is 21.7. The van der Waals surface area contributed by atoms with Crippen LogP contribution in [-0.2, 0) is 18.3 Å². The molecule has 0 fully saturated rings. The first-order valence-electron chi connectivity index (χ1n) is 9.29. The molecule has 0 radical (unpaired) electrons. The number of aromatic nitrogens is 2. The van der Waals surface area contributed by atoms with Gasteiger partial charge in [-0.05, 0) is 31.2 Å². The maximum Gasteiger partial charge on any atom is 0.274 e. The normalized spacial score (nSPS) is 10.5. The fraction of sp³-hybridized carbons (Fsp3) is 0.238. The first-order valence-corrected chi connectivity index (χ1v) is 9.29. The highest BCUT2D eigenvalue weighted by atomic mass is 16.5. The fourth-order valence-corrected chi connectivity index (χ4v) is 2.98. The largest absolute Gasteiger partial charge is 0.493 e. The molecule has 0 bridgehead atoms. The Hall–Kier alpha value is -3.88. The lowest BCUT2D eigenvalue weighted by molar-refractivity contribution is -0.121. The van der Waals surface area contributed by atoms with E-state index in [1.165, 1.54) is 24.9 Å². The van der Waals surface area contributed by atoms with E-state index in [1.54, 1.807) is 36.4 Å². The molecule has 0 aliphatic rings. The van der Waals surface area contributed by atoms with Gasteiger partial charge in [0.25, 0.3) is 11.5 Å². The van der Waals surface area contributed by atoms with Gasteiger partial charge in [0.1, 0.15) is 0 Å². The molecule has 1 heterocycles. The maximum absolute atomic E-state index is 12.4. The minimum Gasteiger partial charge on any atom is -0.493 e. The second-order valence-electron chi connectivity index (χ2n) is 6.40. The molecule has 0 spiro atoms. The molecule has 2 amide bonds. The van der Waals surface area contributed by atoms with Gasteiger partial charge in [0.2, 0.25) is 5.91 Å². The van der Waals surface area contributed by atoms with Crippen LogP contribution >= 0.6 is 0 Å². The van der Waals surface area contributed by atoms with E-state index in [2.05, 4.69) is 16.0 Å². The summed E-state index contributed by atoms with van der Waals surface area (Å²) in [6.45, 7) is 2.31. The average Bonchev–Trinajstić information content (AvgIpc) is 2.76. The van der Waals surface area contributed by atoms with Crippen LogP contribution in [0.15, 0.2) is 47.3 Å². The SMILES string of the molecule is CCOc1ccc(C(=O)NNC(=O)Cc2nn(C)c(=O)c3ccccc23)cc1OC. The van der Waals surface area contributed by atoms with Crippen molar-refractivity contribution >= 4 is 22.6 Å². The molecular formula is C21H22N4O5. The van der Waals surface area contributed by atoms with Crippen LogP contribution in [0.1, 0.15) is 23.0 Å². The van der Waals surface area contributed by atoms with Crippen LogP contribution in [0.2, 0.25) is 0 Å². The number of ether oxygens (including phenoxy) is 2. The Morgan fingerprint density at radius 1 is 1.07 bits per heavy atom. The summed E-state index contributed by atoms with van der Waals surface area (Å²) in [5.41, 5.74) is 5.21. The molecule has 0 atom stereocenters. The molecular weight excluding hydrogens is 388 g/mol. The van der Waals surface area contributed by atoms with Gasteiger partial charge in [-0.3, -0.25) is 25.2 Å². The number of carbonyl (C=O) groups excluding carboxylic acids is 2. The molecule has 0 saturated carbocycles. The Balaban J connectivity index is 1.70. The number of fused-ring (bicyclic) bond motifs is 1. The number of nitrogens with one attached hydrogen (secondary N) is 2. The summed E-state index contributed by atoms with van der Waals surface area (Å²) < 4.78 is 11.8. The van der Waals surface area contributed by atoms with Crippen molar-refractivity contribution in [2.24, 2.45) is 7.05 Å². The van der Waals surface area contributed by atoms with E-state index >= 15 is 0 Å². The summed E-state index contributed by atoms with van der Waals surface area (Å²) >= 11 is 0. The average molecular weight is 410 g/mol. The van der Waals surface area contributed by atoms with Crippen LogP contribution in [0.5, 0.6) is 11.5 Å². The van der Waals surface area contributed by atoms with Gasteiger partial charge in [-0.15, -0.1) is 0 Å². The number of amides is 2. The molecule has 0 saturated heterocycles. The zero-order valence-corrected chi connectivity index (χ0v) is 16.9. The lowest BCUT2D eigenvalue weighted by Crippen LogP contribution is -2.42. The molecule has 0 aliphatic carbocycles. The third-order valence-corrected chi connectivity index (χ3v) is 4.40. The first kappa shape index (κ1) is 20.8. The summed E-state index contributed by atoms with van der Waals surface area (Å²) in [5.74, 6) is -0.0505. The molecule has 9 nitrogen and oxygen atoms in total. The summed E-state index contributed by atoms with van der Waals surface area (Å²) in [7, 11) is 3.00. The number of hydrazine groups is 1. The van der Waals surface area contributed by atoms with Gasteiger partial charge in [-0.2, -0.15) is 5.10 Å². The number of methoxy groups -OCH3 is 1. The van der Waals surface area contributed by atoms with E-state index in [0.29, 0.717) is 40.1 Å². The Labute approximate surface area is 172 Å². The van der Waals surface area contributed by atoms with Gasteiger partial charge in [0.15, 0.2) is 11.5 Å². The second kappa shape index (κ2) is 9.08. The predicted octanol–water partition coefficient (Wildman–Crippen LogP) is 1.34. The van der Waals surface area contributed by atoms with Gasteiger partial charge >= 0.3 is 0 Å². The van der Waals surface area contributed by atoms with Crippen LogP contribution in [0.4, 0.5) is 0 Å². The van der Waals surface area contributed by atoms with E-state index in [-0.39, 0.29) is 12.0 Å². The second-order valence-corrected chi connectivity index (χ2v) is 6.40. The summed E-state index contributed by atoms with van der Waals surface area (Å²) in [4.78, 5) is 36.9. The van der Waals surface area contributed by atoms with Crippen molar-refractivity contribution in [3.05, 3.63) is 64.1 Å². The van der Waals surface area contributed by atoms with Gasteiger partial charge in [-0.1, -0.05) is 18.2 Å². The highest BCUT2D eigenvalue weighted by molar-refractivity contribution is 5.96. The van der Waals surface area contributed by atoms with E-state index in [1.807, 2.05) is 6.92 Å². The molecule has 156 valence electrons. The van der Waals surface area contributed by atoms with Crippen LogP contribution in [0.3, 0.4) is 0 Å². The quantitative estimate of drug-likeness (QED) is 0.594. The van der Waals surface area contributed by atoms with Crippen molar-refractivity contribution < 1.29 is 19.1 Å². The lowest BCUT2D eigenvalue weighted by Gasteiger charge is -2.12. The minimum atomic E-state index is -0.511. The van der Waals surface area contributed by atoms with Gasteiger partial charge in [0, 0.05) is 18.0 Å². The molecule has 9 heteroatoms. The predicted molar refractivity (Wildman–Crippen MR) is 110 cm³/mol. The third kappa shape index (κ3) is 4.40. The van der Waals surface area contributed by atoms with Crippen molar-refractivity contribution in [3.63, 3.8) is 0 Å². The molecule has 0 unspecified atom stereocenters. The fourth-order valence-electron chi connectivity index (χ4n) is 2.98. The number of nitrogens with zero attached hydrogens (tertiary/aromatic N) is 2. The van der Waals surface area contributed by atoms with Crippen LogP contribution in [0, 0.1) is 0 Å². The summed E-state index contributed by atoms with van der Waals surface area (Å²) in [6, 6.07) is 11.6. The van der Waals surface area contributed by atoms with Crippen molar-refractivity contribution in [2.45, 2.75) is 13.3 Å². The minimum absolute atomic E-state index is 0.110. The van der Waals surface area contributed by atoms with Crippen molar-refractivity contribution in [2.75, 3.05) is 13.7 Å². The highest BCUT2D eigenvalue weighted by Crippen LogP contribution is 2.27.